The van der Waals surface area contributed by atoms with Crippen molar-refractivity contribution in [3.63, 3.8) is 0 Å². The average molecular weight is 375 g/mol. The van der Waals surface area contributed by atoms with Crippen molar-refractivity contribution in [2.24, 2.45) is 16.8 Å². The Bertz CT molecular complexity index is 524. The second kappa shape index (κ2) is 9.73. The maximum absolute atomic E-state index is 11.6. The summed E-state index contributed by atoms with van der Waals surface area (Å²) in [5, 5.41) is 3.46. The Morgan fingerprint density at radius 2 is 1.84 bits per heavy atom. The van der Waals surface area contributed by atoms with Gasteiger partial charge in [-0.1, -0.05) is 0 Å². The van der Waals surface area contributed by atoms with E-state index in [4.69, 9.17) is 4.74 Å². The summed E-state index contributed by atoms with van der Waals surface area (Å²) in [4.78, 5) is 6.59. The van der Waals surface area contributed by atoms with Crippen molar-refractivity contribution in [2.75, 3.05) is 59.7 Å². The van der Waals surface area contributed by atoms with Gasteiger partial charge in [-0.3, -0.25) is 4.99 Å². The maximum atomic E-state index is 11.6. The Kier molecular flexibility index (Phi) is 7.96. The molecule has 2 aliphatic rings. The predicted octanol–water partition coefficient (Wildman–Crippen LogP) is 0.982. The Morgan fingerprint density at radius 3 is 2.40 bits per heavy atom. The predicted molar refractivity (Wildman–Crippen MR) is 101 cm³/mol. The molecule has 2 rings (SSSR count). The molecule has 2 aliphatic heterocycles. The molecule has 0 aromatic rings. The topological polar surface area (TPSA) is 74.2 Å². The summed E-state index contributed by atoms with van der Waals surface area (Å²) < 4.78 is 30.1. The molecule has 0 aromatic heterocycles. The fraction of sp³-hybridized carbons (Fsp3) is 0.941. The van der Waals surface area contributed by atoms with Crippen LogP contribution in [0.25, 0.3) is 0 Å². The van der Waals surface area contributed by atoms with Crippen molar-refractivity contribution in [1.82, 2.24) is 14.5 Å². The summed E-state index contributed by atoms with van der Waals surface area (Å²) in [6.45, 7) is 4.90. The Morgan fingerprint density at radius 1 is 1.20 bits per heavy atom. The van der Waals surface area contributed by atoms with Crippen LogP contribution in [0, 0.1) is 11.8 Å². The molecule has 2 fully saturated rings. The molecule has 0 radical (unpaired) electrons. The number of aliphatic imine (C=N–C) groups is 1. The van der Waals surface area contributed by atoms with Crippen LogP contribution in [0.2, 0.25) is 0 Å². The van der Waals surface area contributed by atoms with Gasteiger partial charge >= 0.3 is 0 Å². The Labute approximate surface area is 152 Å². The van der Waals surface area contributed by atoms with E-state index in [1.54, 1.807) is 4.31 Å². The lowest BCUT2D eigenvalue weighted by atomic mass is 9.96. The van der Waals surface area contributed by atoms with Gasteiger partial charge in [0.25, 0.3) is 0 Å². The third-order valence-corrected chi connectivity index (χ3v) is 6.68. The van der Waals surface area contributed by atoms with Gasteiger partial charge in [0.05, 0.1) is 6.26 Å². The molecule has 0 aromatic carbocycles. The number of piperidine rings is 1. The van der Waals surface area contributed by atoms with Crippen LogP contribution >= 0.6 is 0 Å². The van der Waals surface area contributed by atoms with Crippen molar-refractivity contribution >= 4 is 16.0 Å². The second-order valence-corrected chi connectivity index (χ2v) is 9.28. The van der Waals surface area contributed by atoms with Gasteiger partial charge in [0.15, 0.2) is 5.96 Å². The number of rotatable bonds is 6. The normalized spacial score (nSPS) is 22.1. The highest BCUT2D eigenvalue weighted by molar-refractivity contribution is 7.88. The van der Waals surface area contributed by atoms with Crippen LogP contribution in [0.3, 0.4) is 0 Å². The van der Waals surface area contributed by atoms with Crippen LogP contribution in [0.5, 0.6) is 0 Å². The van der Waals surface area contributed by atoms with Crippen molar-refractivity contribution in [2.45, 2.75) is 32.1 Å². The van der Waals surface area contributed by atoms with Gasteiger partial charge < -0.3 is 15.0 Å². The molecule has 0 bridgehead atoms. The maximum Gasteiger partial charge on any atom is 0.211 e. The summed E-state index contributed by atoms with van der Waals surface area (Å²) in [5.41, 5.74) is 0. The van der Waals surface area contributed by atoms with Crippen LogP contribution in [0.1, 0.15) is 32.1 Å². The number of sulfonamides is 1. The minimum Gasteiger partial charge on any atom is -0.381 e. The first-order chi connectivity index (χ1) is 11.9. The summed E-state index contributed by atoms with van der Waals surface area (Å²) in [6, 6.07) is 0. The molecule has 0 unspecified atom stereocenters. The third kappa shape index (κ3) is 6.75. The molecule has 8 heteroatoms. The van der Waals surface area contributed by atoms with Crippen molar-refractivity contribution in [1.29, 1.82) is 0 Å². The van der Waals surface area contributed by atoms with E-state index in [9.17, 15) is 8.42 Å². The molecule has 146 valence electrons. The van der Waals surface area contributed by atoms with E-state index in [2.05, 4.69) is 22.3 Å². The summed E-state index contributed by atoms with van der Waals surface area (Å²) in [5.74, 6) is 2.19. The van der Waals surface area contributed by atoms with Gasteiger partial charge in [-0.15, -0.1) is 0 Å². The smallest absolute Gasteiger partial charge is 0.211 e. The molecule has 2 heterocycles. The average Bonchev–Trinajstić information content (AvgIpc) is 2.61. The first-order valence-corrected chi connectivity index (χ1v) is 11.2. The Hall–Kier alpha value is -0.860. The fourth-order valence-corrected chi connectivity index (χ4v) is 4.46. The van der Waals surface area contributed by atoms with Crippen molar-refractivity contribution < 1.29 is 13.2 Å². The second-order valence-electron chi connectivity index (χ2n) is 7.30. The first-order valence-electron chi connectivity index (χ1n) is 9.34. The molecule has 0 atom stereocenters. The highest BCUT2D eigenvalue weighted by Crippen LogP contribution is 2.19. The molecular formula is C17H34N4O3S. The van der Waals surface area contributed by atoms with Crippen molar-refractivity contribution in [3.8, 4) is 0 Å². The lowest BCUT2D eigenvalue weighted by Gasteiger charge is -2.31. The molecule has 25 heavy (non-hydrogen) atoms. The third-order valence-electron chi connectivity index (χ3n) is 5.38. The minimum atomic E-state index is -3.04. The SMILES string of the molecule is CN=C(NCC1CCN(S(C)(=O)=O)CC1)N(C)CCC1CCOCC1. The number of ether oxygens (including phenoxy) is 1. The molecule has 7 nitrogen and oxygen atoms in total. The van der Waals surface area contributed by atoms with E-state index >= 15 is 0 Å². The quantitative estimate of drug-likeness (QED) is 0.554. The molecule has 0 amide bonds. The molecule has 2 saturated heterocycles. The standard InChI is InChI=1S/C17H34N4O3S/c1-18-17(20(2)9-4-15-7-12-24-13-8-15)19-14-16-5-10-21(11-6-16)25(3,22)23/h15-16H,4-14H2,1-3H3,(H,18,19). The van der Waals surface area contributed by atoms with Crippen LogP contribution < -0.4 is 5.32 Å². The molecular weight excluding hydrogens is 340 g/mol. The van der Waals surface area contributed by atoms with Crippen LogP contribution in [0.4, 0.5) is 0 Å². The number of guanidine groups is 1. The minimum absolute atomic E-state index is 0.499. The molecule has 1 N–H and O–H groups in total. The monoisotopic (exact) mass is 374 g/mol. The first kappa shape index (κ1) is 20.5. The van der Waals surface area contributed by atoms with E-state index in [1.807, 2.05) is 7.05 Å². The van der Waals surface area contributed by atoms with Gasteiger partial charge in [0.1, 0.15) is 0 Å². The number of nitrogens with one attached hydrogen (secondary N) is 1. The van der Waals surface area contributed by atoms with Crippen LogP contribution in [0.15, 0.2) is 4.99 Å². The summed E-state index contributed by atoms with van der Waals surface area (Å²) in [6.07, 6.45) is 6.61. The Balaban J connectivity index is 1.69. The number of hydrogen-bond donors (Lipinski definition) is 1. The molecule has 0 spiro atoms. The summed E-state index contributed by atoms with van der Waals surface area (Å²) in [7, 11) is 0.858. The summed E-state index contributed by atoms with van der Waals surface area (Å²) >= 11 is 0. The van der Waals surface area contributed by atoms with E-state index in [0.717, 1.165) is 51.0 Å². The lowest BCUT2D eigenvalue weighted by molar-refractivity contribution is 0.0625. The number of hydrogen-bond acceptors (Lipinski definition) is 4. The van der Waals surface area contributed by atoms with Gasteiger partial charge in [0.2, 0.25) is 10.0 Å². The van der Waals surface area contributed by atoms with E-state index in [0.29, 0.717) is 19.0 Å². The van der Waals surface area contributed by atoms with Crippen molar-refractivity contribution in [3.05, 3.63) is 0 Å². The lowest BCUT2D eigenvalue weighted by Crippen LogP contribution is -2.44. The highest BCUT2D eigenvalue weighted by atomic mass is 32.2. The zero-order valence-corrected chi connectivity index (χ0v) is 16.7. The largest absolute Gasteiger partial charge is 0.381 e. The van der Waals surface area contributed by atoms with Gasteiger partial charge in [-0.25, -0.2) is 12.7 Å². The van der Waals surface area contributed by atoms with E-state index < -0.39 is 10.0 Å². The van der Waals surface area contributed by atoms with E-state index in [-0.39, 0.29) is 0 Å². The van der Waals surface area contributed by atoms with E-state index in [1.165, 1.54) is 25.5 Å². The van der Waals surface area contributed by atoms with Gasteiger partial charge in [0, 0.05) is 53.5 Å². The van der Waals surface area contributed by atoms with Crippen LogP contribution in [-0.2, 0) is 14.8 Å². The molecule has 0 aliphatic carbocycles. The van der Waals surface area contributed by atoms with Crippen LogP contribution in [-0.4, -0.2) is 83.3 Å². The van der Waals surface area contributed by atoms with Gasteiger partial charge in [-0.2, -0.15) is 0 Å². The molecule has 0 saturated carbocycles. The van der Waals surface area contributed by atoms with Gasteiger partial charge in [-0.05, 0) is 43.9 Å². The highest BCUT2D eigenvalue weighted by Gasteiger charge is 2.25. The zero-order chi connectivity index (χ0) is 18.3. The fourth-order valence-electron chi connectivity index (χ4n) is 3.58. The zero-order valence-electron chi connectivity index (χ0n) is 15.9. The number of nitrogens with zero attached hydrogens (tertiary/aromatic N) is 3.